The van der Waals surface area contributed by atoms with Gasteiger partial charge in [0.2, 0.25) is 0 Å². The summed E-state index contributed by atoms with van der Waals surface area (Å²) in [4.78, 5) is 0. The zero-order chi connectivity index (χ0) is 11.3. The smallest absolute Gasteiger partial charge is 0.142 e. The van der Waals surface area contributed by atoms with Gasteiger partial charge < -0.3 is 15.0 Å². The van der Waals surface area contributed by atoms with Gasteiger partial charge in [-0.25, -0.2) is 4.39 Å². The predicted molar refractivity (Wildman–Crippen MR) is 60.0 cm³/mol. The van der Waals surface area contributed by atoms with Gasteiger partial charge >= 0.3 is 0 Å². The highest BCUT2D eigenvalue weighted by Crippen LogP contribution is 2.33. The molecule has 0 saturated carbocycles. The van der Waals surface area contributed by atoms with Crippen LogP contribution in [0.4, 0.5) is 4.39 Å². The molecule has 16 heavy (non-hydrogen) atoms. The van der Waals surface area contributed by atoms with Gasteiger partial charge in [0.1, 0.15) is 11.6 Å². The molecular weight excluding hydrogens is 207 g/mol. The van der Waals surface area contributed by atoms with Gasteiger partial charge in [0.15, 0.2) is 0 Å². The Morgan fingerprint density at radius 2 is 2.25 bits per heavy atom. The van der Waals surface area contributed by atoms with Gasteiger partial charge in [-0.05, 0) is 11.6 Å². The Labute approximate surface area is 92.5 Å². The van der Waals surface area contributed by atoms with Crippen molar-refractivity contribution in [3.63, 3.8) is 0 Å². The molecule has 3 nitrogen and oxygen atoms in total. The number of hydrogen-bond donors (Lipinski definition) is 2. The fourth-order valence-corrected chi connectivity index (χ4v) is 2.60. The molecule has 2 aromatic rings. The van der Waals surface area contributed by atoms with Gasteiger partial charge in [-0.2, -0.15) is 0 Å². The van der Waals surface area contributed by atoms with Gasteiger partial charge in [0, 0.05) is 43.7 Å². The number of fused-ring (bicyclic) bond motifs is 3. The SMILES string of the molecule is Cn1c2c(c3cc(F)cc(O)c31)CNCC2. The summed E-state index contributed by atoms with van der Waals surface area (Å²) in [5, 5.41) is 13.9. The molecule has 0 bridgehead atoms. The average Bonchev–Trinajstić information content (AvgIpc) is 2.54. The Morgan fingerprint density at radius 1 is 1.44 bits per heavy atom. The lowest BCUT2D eigenvalue weighted by molar-refractivity contribution is 0.472. The summed E-state index contributed by atoms with van der Waals surface area (Å²) in [7, 11) is 1.92. The van der Waals surface area contributed by atoms with Crippen molar-refractivity contribution in [1.82, 2.24) is 9.88 Å². The van der Waals surface area contributed by atoms with Crippen LogP contribution in [-0.2, 0) is 20.0 Å². The minimum atomic E-state index is -0.385. The molecule has 84 valence electrons. The molecule has 1 aliphatic rings. The van der Waals surface area contributed by atoms with Crippen LogP contribution in [0.25, 0.3) is 10.9 Å². The summed E-state index contributed by atoms with van der Waals surface area (Å²) in [5.74, 6) is -0.365. The van der Waals surface area contributed by atoms with Crippen LogP contribution in [0.5, 0.6) is 5.75 Å². The monoisotopic (exact) mass is 220 g/mol. The average molecular weight is 220 g/mol. The highest BCUT2D eigenvalue weighted by molar-refractivity contribution is 5.90. The van der Waals surface area contributed by atoms with Crippen molar-refractivity contribution in [3.05, 3.63) is 29.2 Å². The molecular formula is C12H13FN2O. The third-order valence-electron chi connectivity index (χ3n) is 3.31. The third-order valence-corrected chi connectivity index (χ3v) is 3.31. The molecule has 1 aromatic heterocycles. The van der Waals surface area contributed by atoms with Crippen molar-refractivity contribution >= 4 is 10.9 Å². The number of nitrogens with one attached hydrogen (secondary N) is 1. The first-order chi connectivity index (χ1) is 7.68. The van der Waals surface area contributed by atoms with E-state index in [0.29, 0.717) is 0 Å². The lowest BCUT2D eigenvalue weighted by Gasteiger charge is -2.14. The Morgan fingerprint density at radius 3 is 3.06 bits per heavy atom. The number of benzene rings is 1. The Balaban J connectivity index is 2.44. The van der Waals surface area contributed by atoms with E-state index in [-0.39, 0.29) is 11.6 Å². The summed E-state index contributed by atoms with van der Waals surface area (Å²) in [5.41, 5.74) is 3.03. The van der Waals surface area contributed by atoms with Crippen LogP contribution in [0.2, 0.25) is 0 Å². The van der Waals surface area contributed by atoms with Gasteiger partial charge in [-0.1, -0.05) is 0 Å². The molecule has 0 fully saturated rings. The second-order valence-corrected chi connectivity index (χ2v) is 4.23. The quantitative estimate of drug-likeness (QED) is 0.708. The summed E-state index contributed by atoms with van der Waals surface area (Å²) in [6.45, 7) is 1.68. The molecule has 0 unspecified atom stereocenters. The number of rotatable bonds is 0. The molecule has 0 amide bonds. The molecule has 3 rings (SSSR count). The number of aromatic hydroxyl groups is 1. The molecule has 0 atom stereocenters. The van der Waals surface area contributed by atoms with E-state index in [9.17, 15) is 9.50 Å². The second-order valence-electron chi connectivity index (χ2n) is 4.23. The van der Waals surface area contributed by atoms with Crippen LogP contribution >= 0.6 is 0 Å². The van der Waals surface area contributed by atoms with E-state index in [0.717, 1.165) is 36.0 Å². The van der Waals surface area contributed by atoms with Crippen molar-refractivity contribution in [2.24, 2.45) is 7.05 Å². The maximum Gasteiger partial charge on any atom is 0.142 e. The Hall–Kier alpha value is -1.55. The summed E-state index contributed by atoms with van der Waals surface area (Å²) in [6.07, 6.45) is 0.918. The van der Waals surface area contributed by atoms with Crippen molar-refractivity contribution in [2.45, 2.75) is 13.0 Å². The number of aryl methyl sites for hydroxylation is 1. The predicted octanol–water partition coefficient (Wildman–Crippen LogP) is 1.67. The Bertz CT molecular complexity index is 574. The zero-order valence-electron chi connectivity index (χ0n) is 9.05. The van der Waals surface area contributed by atoms with Crippen molar-refractivity contribution in [3.8, 4) is 5.75 Å². The molecule has 4 heteroatoms. The third kappa shape index (κ3) is 1.16. The number of phenols is 1. The first-order valence-corrected chi connectivity index (χ1v) is 5.38. The van der Waals surface area contributed by atoms with E-state index in [1.54, 1.807) is 0 Å². The molecule has 0 radical (unpaired) electrons. The lowest BCUT2D eigenvalue weighted by atomic mass is 10.1. The summed E-state index contributed by atoms with van der Waals surface area (Å²) < 4.78 is 15.3. The van der Waals surface area contributed by atoms with Gasteiger partial charge in [-0.3, -0.25) is 0 Å². The first-order valence-electron chi connectivity index (χ1n) is 5.38. The van der Waals surface area contributed by atoms with E-state index in [2.05, 4.69) is 5.32 Å². The van der Waals surface area contributed by atoms with Gasteiger partial charge in [-0.15, -0.1) is 0 Å². The van der Waals surface area contributed by atoms with Crippen molar-refractivity contribution < 1.29 is 9.50 Å². The molecule has 0 aliphatic carbocycles. The minimum Gasteiger partial charge on any atom is -0.506 e. The topological polar surface area (TPSA) is 37.2 Å². The molecule has 0 saturated heterocycles. The minimum absolute atomic E-state index is 0.0203. The fraction of sp³-hybridized carbons (Fsp3) is 0.333. The van der Waals surface area contributed by atoms with E-state index in [1.807, 2.05) is 11.6 Å². The number of nitrogens with zero attached hydrogens (tertiary/aromatic N) is 1. The second kappa shape index (κ2) is 3.22. The number of hydrogen-bond acceptors (Lipinski definition) is 2. The summed E-state index contributed by atoms with van der Waals surface area (Å²) in [6, 6.07) is 2.67. The molecule has 2 N–H and O–H groups in total. The van der Waals surface area contributed by atoms with Crippen LogP contribution in [0.3, 0.4) is 0 Å². The van der Waals surface area contributed by atoms with Crippen LogP contribution in [0.1, 0.15) is 11.3 Å². The van der Waals surface area contributed by atoms with Crippen LogP contribution in [0.15, 0.2) is 12.1 Å². The number of halogens is 1. The zero-order valence-corrected chi connectivity index (χ0v) is 9.05. The molecule has 1 aromatic carbocycles. The molecule has 1 aliphatic heterocycles. The Kier molecular flexibility index (Phi) is 1.94. The number of phenolic OH excluding ortho intramolecular Hbond substituents is 1. The highest BCUT2D eigenvalue weighted by atomic mass is 19.1. The van der Waals surface area contributed by atoms with Crippen LogP contribution < -0.4 is 5.32 Å². The fourth-order valence-electron chi connectivity index (χ4n) is 2.60. The maximum absolute atomic E-state index is 13.3. The van der Waals surface area contributed by atoms with Crippen molar-refractivity contribution in [1.29, 1.82) is 0 Å². The molecule has 2 heterocycles. The molecule has 0 spiro atoms. The maximum atomic E-state index is 13.3. The van der Waals surface area contributed by atoms with Crippen molar-refractivity contribution in [2.75, 3.05) is 6.54 Å². The van der Waals surface area contributed by atoms with E-state index >= 15 is 0 Å². The lowest BCUT2D eigenvalue weighted by Crippen LogP contribution is -2.24. The first kappa shape index (κ1) is 9.66. The van der Waals surface area contributed by atoms with Gasteiger partial charge in [0.05, 0.1) is 5.52 Å². The van der Waals surface area contributed by atoms with Crippen LogP contribution in [0, 0.1) is 5.82 Å². The van der Waals surface area contributed by atoms with E-state index in [1.165, 1.54) is 17.8 Å². The highest BCUT2D eigenvalue weighted by Gasteiger charge is 2.20. The van der Waals surface area contributed by atoms with Crippen LogP contribution in [-0.4, -0.2) is 16.2 Å². The van der Waals surface area contributed by atoms with E-state index in [4.69, 9.17) is 0 Å². The largest absolute Gasteiger partial charge is 0.506 e. The van der Waals surface area contributed by atoms with E-state index < -0.39 is 0 Å². The van der Waals surface area contributed by atoms with Gasteiger partial charge in [0.25, 0.3) is 0 Å². The number of aromatic nitrogens is 1. The normalized spacial score (nSPS) is 15.4. The standard InChI is InChI=1S/C12H13FN2O/c1-15-10-2-3-14-6-9(10)8-4-7(13)5-11(16)12(8)15/h4-5,14,16H,2-3,6H2,1H3. The summed E-state index contributed by atoms with van der Waals surface area (Å²) >= 11 is 0.